The van der Waals surface area contributed by atoms with Gasteiger partial charge in [-0.15, -0.1) is 11.3 Å². The number of hydrogen-bond donors (Lipinski definition) is 2. The van der Waals surface area contributed by atoms with E-state index in [9.17, 15) is 9.59 Å². The van der Waals surface area contributed by atoms with Gasteiger partial charge in [-0.1, -0.05) is 19.9 Å². The van der Waals surface area contributed by atoms with E-state index in [1.807, 2.05) is 17.5 Å². The molecule has 3 rings (SSSR count). The first-order chi connectivity index (χ1) is 11.9. The van der Waals surface area contributed by atoms with Crippen LogP contribution in [0.5, 0.6) is 0 Å². The fourth-order valence-corrected chi connectivity index (χ4v) is 3.85. The molecule has 0 aliphatic carbocycles. The van der Waals surface area contributed by atoms with E-state index in [0.717, 1.165) is 4.88 Å². The minimum absolute atomic E-state index is 0.0506. The lowest BCUT2D eigenvalue weighted by Gasteiger charge is -2.21. The van der Waals surface area contributed by atoms with Crippen LogP contribution in [0, 0.1) is 10.7 Å². The number of benzene rings is 1. The number of hydrogen-bond acceptors (Lipinski definition) is 4. The van der Waals surface area contributed by atoms with E-state index < -0.39 is 0 Å². The van der Waals surface area contributed by atoms with Crippen LogP contribution in [0.3, 0.4) is 0 Å². The summed E-state index contributed by atoms with van der Waals surface area (Å²) in [6, 6.07) is 8.96. The van der Waals surface area contributed by atoms with Crippen LogP contribution in [0.2, 0.25) is 0 Å². The van der Waals surface area contributed by atoms with Crippen LogP contribution in [-0.4, -0.2) is 15.5 Å². The van der Waals surface area contributed by atoms with Crippen molar-refractivity contribution in [2.45, 2.75) is 19.9 Å². The molecule has 0 radical (unpaired) electrons. The fraction of sp³-hybridized carbons (Fsp3) is 0.278. The Labute approximate surface area is 154 Å². The summed E-state index contributed by atoms with van der Waals surface area (Å²) in [6.07, 6.45) is 0. The van der Waals surface area contributed by atoms with Gasteiger partial charge in [-0.2, -0.15) is 0 Å². The highest BCUT2D eigenvalue weighted by atomic mass is 32.1. The number of carbonyl (C=O) groups is 1. The molecule has 3 aromatic rings. The average molecular weight is 374 g/mol. The van der Waals surface area contributed by atoms with Gasteiger partial charge >= 0.3 is 0 Å². The van der Waals surface area contributed by atoms with Gasteiger partial charge in [-0.25, -0.2) is 0 Å². The van der Waals surface area contributed by atoms with Gasteiger partial charge in [0.05, 0.1) is 16.9 Å². The molecule has 0 bridgehead atoms. The summed E-state index contributed by atoms with van der Waals surface area (Å²) in [6.45, 7) is 4.15. The summed E-state index contributed by atoms with van der Waals surface area (Å²) < 4.78 is 1.71. The molecular weight excluding hydrogens is 354 g/mol. The maximum absolute atomic E-state index is 12.7. The second-order valence-corrected chi connectivity index (χ2v) is 7.63. The number of aromatic nitrogens is 2. The summed E-state index contributed by atoms with van der Waals surface area (Å²) in [7, 11) is 1.62. The number of fused-ring (bicyclic) bond motifs is 1. The van der Waals surface area contributed by atoms with Crippen molar-refractivity contribution in [1.29, 1.82) is 0 Å². The first-order valence-electron chi connectivity index (χ1n) is 7.96. The molecule has 2 N–H and O–H groups in total. The van der Waals surface area contributed by atoms with Gasteiger partial charge in [0.15, 0.2) is 4.77 Å². The van der Waals surface area contributed by atoms with Crippen LogP contribution in [-0.2, 0) is 7.05 Å². The van der Waals surface area contributed by atoms with Gasteiger partial charge in [-0.05, 0) is 47.8 Å². The van der Waals surface area contributed by atoms with E-state index >= 15 is 0 Å². The molecule has 0 spiro atoms. The Kier molecular flexibility index (Phi) is 4.87. The Morgan fingerprint density at radius 3 is 2.72 bits per heavy atom. The minimum atomic E-state index is -0.177. The molecule has 1 aromatic carbocycles. The molecule has 2 heterocycles. The number of nitrogens with one attached hydrogen (secondary N) is 2. The van der Waals surface area contributed by atoms with E-state index in [4.69, 9.17) is 12.2 Å². The summed E-state index contributed by atoms with van der Waals surface area (Å²) >= 11 is 6.77. The topological polar surface area (TPSA) is 66.9 Å². The largest absolute Gasteiger partial charge is 0.344 e. The van der Waals surface area contributed by atoms with Crippen molar-refractivity contribution in [2.24, 2.45) is 13.0 Å². The number of rotatable bonds is 4. The maximum atomic E-state index is 12.7. The highest BCUT2D eigenvalue weighted by Crippen LogP contribution is 2.26. The predicted molar refractivity (Wildman–Crippen MR) is 104 cm³/mol. The number of nitrogens with zero attached hydrogens (tertiary/aromatic N) is 1. The van der Waals surface area contributed by atoms with Crippen molar-refractivity contribution in [2.75, 3.05) is 0 Å². The second-order valence-electron chi connectivity index (χ2n) is 6.27. The molecule has 0 saturated carbocycles. The summed E-state index contributed by atoms with van der Waals surface area (Å²) in [4.78, 5) is 29.1. The second kappa shape index (κ2) is 6.93. The van der Waals surface area contributed by atoms with Gasteiger partial charge in [-0.3, -0.25) is 14.2 Å². The van der Waals surface area contributed by atoms with Crippen LogP contribution in [0.25, 0.3) is 10.9 Å². The lowest BCUT2D eigenvalue weighted by Crippen LogP contribution is -2.31. The Bertz CT molecular complexity index is 1030. The maximum Gasteiger partial charge on any atom is 0.261 e. The molecule has 0 saturated heterocycles. The Morgan fingerprint density at radius 1 is 1.32 bits per heavy atom. The van der Waals surface area contributed by atoms with Gasteiger partial charge in [0.25, 0.3) is 11.5 Å². The third-order valence-electron chi connectivity index (χ3n) is 4.17. The van der Waals surface area contributed by atoms with Gasteiger partial charge in [0.1, 0.15) is 0 Å². The minimum Gasteiger partial charge on any atom is -0.344 e. The van der Waals surface area contributed by atoms with E-state index in [0.29, 0.717) is 21.2 Å². The van der Waals surface area contributed by atoms with Crippen molar-refractivity contribution in [3.05, 3.63) is 61.3 Å². The van der Waals surface area contributed by atoms with E-state index in [2.05, 4.69) is 24.1 Å². The molecule has 0 unspecified atom stereocenters. The fourth-order valence-electron chi connectivity index (χ4n) is 2.71. The number of amides is 1. The summed E-state index contributed by atoms with van der Waals surface area (Å²) in [5.74, 6) is 0.0927. The van der Waals surface area contributed by atoms with Crippen molar-refractivity contribution >= 4 is 40.4 Å². The molecule has 0 aliphatic rings. The zero-order chi connectivity index (χ0) is 18.1. The number of thiophene rings is 1. The Hall–Kier alpha value is -2.25. The molecule has 0 aliphatic heterocycles. The van der Waals surface area contributed by atoms with Crippen LogP contribution >= 0.6 is 23.6 Å². The summed E-state index contributed by atoms with van der Waals surface area (Å²) in [5, 5.41) is 5.60. The molecule has 2 aromatic heterocycles. The van der Waals surface area contributed by atoms with Crippen molar-refractivity contribution < 1.29 is 4.79 Å². The van der Waals surface area contributed by atoms with Gasteiger partial charge < -0.3 is 10.3 Å². The molecule has 1 atom stereocenters. The first-order valence-corrected chi connectivity index (χ1v) is 9.24. The molecule has 130 valence electrons. The van der Waals surface area contributed by atoms with E-state index in [1.165, 1.54) is 4.57 Å². The highest BCUT2D eigenvalue weighted by molar-refractivity contribution is 7.71. The lowest BCUT2D eigenvalue weighted by molar-refractivity contribution is 0.0926. The molecule has 25 heavy (non-hydrogen) atoms. The monoisotopic (exact) mass is 373 g/mol. The molecule has 5 nitrogen and oxygen atoms in total. The van der Waals surface area contributed by atoms with Crippen molar-refractivity contribution in [3.8, 4) is 0 Å². The number of carbonyl (C=O) groups excluding carboxylic acids is 1. The van der Waals surface area contributed by atoms with Crippen LogP contribution in [0.15, 0.2) is 40.5 Å². The van der Waals surface area contributed by atoms with E-state index in [1.54, 1.807) is 36.6 Å². The van der Waals surface area contributed by atoms with Crippen molar-refractivity contribution in [1.82, 2.24) is 14.9 Å². The normalized spacial score (nSPS) is 12.5. The van der Waals surface area contributed by atoms with Crippen LogP contribution in [0.4, 0.5) is 0 Å². The predicted octanol–water partition coefficient (Wildman–Crippen LogP) is 3.78. The molecule has 7 heteroatoms. The zero-order valence-corrected chi connectivity index (χ0v) is 15.8. The average Bonchev–Trinajstić information content (AvgIpc) is 3.10. The third kappa shape index (κ3) is 3.43. The molecular formula is C18H19N3O2S2. The zero-order valence-electron chi connectivity index (χ0n) is 14.2. The Balaban J connectivity index is 1.96. The number of aromatic amines is 1. The Morgan fingerprint density at radius 2 is 2.08 bits per heavy atom. The van der Waals surface area contributed by atoms with Gasteiger partial charge in [0.2, 0.25) is 0 Å². The standard InChI is InChI=1S/C18H19N3O2S2/c1-10(2)15(14-5-4-8-25-14)20-16(22)11-6-7-12-13(9-11)19-18(24)21(3)17(12)23/h4-10,15H,1-3H3,(H,19,24)(H,20,22)/t15-/m0/s1. The van der Waals surface area contributed by atoms with Crippen LogP contribution < -0.4 is 10.9 Å². The van der Waals surface area contributed by atoms with Crippen molar-refractivity contribution in [3.63, 3.8) is 0 Å². The lowest BCUT2D eigenvalue weighted by atomic mass is 10.0. The van der Waals surface area contributed by atoms with Crippen LogP contribution in [0.1, 0.15) is 35.1 Å². The smallest absolute Gasteiger partial charge is 0.261 e. The first kappa shape index (κ1) is 17.6. The SMILES string of the molecule is CC(C)[C@H](NC(=O)c1ccc2c(=O)n(C)c(=S)[nH]c2c1)c1cccs1. The quantitative estimate of drug-likeness (QED) is 0.684. The molecule has 1 amide bonds. The number of H-pyrrole nitrogens is 1. The summed E-state index contributed by atoms with van der Waals surface area (Å²) in [5.41, 5.74) is 0.885. The third-order valence-corrected chi connectivity index (χ3v) is 5.50. The van der Waals surface area contributed by atoms with E-state index in [-0.39, 0.29) is 23.4 Å². The molecule has 0 fully saturated rings. The van der Waals surface area contributed by atoms with Gasteiger partial charge in [0, 0.05) is 17.5 Å². The highest BCUT2D eigenvalue weighted by Gasteiger charge is 2.20.